The van der Waals surface area contributed by atoms with Crippen molar-refractivity contribution >= 4 is 17.5 Å². The van der Waals surface area contributed by atoms with Crippen molar-refractivity contribution in [3.8, 4) is 5.69 Å². The zero-order valence-electron chi connectivity index (χ0n) is 11.9. The fraction of sp³-hybridized carbons (Fsp3) is 0.400. The number of benzene rings is 1. The van der Waals surface area contributed by atoms with Crippen LogP contribution in [-0.2, 0) is 0 Å². The quantitative estimate of drug-likeness (QED) is 0.857. The molecule has 1 aromatic carbocycles. The van der Waals surface area contributed by atoms with Crippen molar-refractivity contribution in [3.63, 3.8) is 0 Å². The highest BCUT2D eigenvalue weighted by molar-refractivity contribution is 6.32. The normalized spacial score (nSPS) is 18.8. The number of amides is 1. The molecule has 110 valence electrons. The van der Waals surface area contributed by atoms with E-state index in [1.807, 2.05) is 23.1 Å². The van der Waals surface area contributed by atoms with Gasteiger partial charge < -0.3 is 4.90 Å². The Morgan fingerprint density at radius 2 is 2.19 bits per heavy atom. The van der Waals surface area contributed by atoms with Crippen molar-refractivity contribution in [3.05, 3.63) is 41.2 Å². The number of aromatic nitrogens is 3. The van der Waals surface area contributed by atoms with Gasteiger partial charge in [-0.05, 0) is 30.9 Å². The maximum absolute atomic E-state index is 12.5. The van der Waals surface area contributed by atoms with E-state index in [1.54, 1.807) is 16.9 Å². The van der Waals surface area contributed by atoms with Crippen LogP contribution in [0.1, 0.15) is 30.3 Å². The number of likely N-dealkylation sites (tertiary alicyclic amines) is 1. The van der Waals surface area contributed by atoms with Crippen molar-refractivity contribution in [2.45, 2.75) is 19.8 Å². The van der Waals surface area contributed by atoms with Gasteiger partial charge in [-0.3, -0.25) is 4.79 Å². The average Bonchev–Trinajstić information content (AvgIpc) is 2.96. The second-order valence-corrected chi connectivity index (χ2v) is 5.91. The van der Waals surface area contributed by atoms with Crippen molar-refractivity contribution in [1.29, 1.82) is 0 Å². The van der Waals surface area contributed by atoms with Crippen LogP contribution in [-0.4, -0.2) is 38.9 Å². The Kier molecular flexibility index (Phi) is 3.92. The van der Waals surface area contributed by atoms with Crippen LogP contribution in [0.25, 0.3) is 5.69 Å². The van der Waals surface area contributed by atoms with Crippen molar-refractivity contribution in [2.24, 2.45) is 5.92 Å². The molecule has 1 aliphatic rings. The second kappa shape index (κ2) is 5.85. The molecule has 1 amide bonds. The van der Waals surface area contributed by atoms with Gasteiger partial charge >= 0.3 is 0 Å². The fourth-order valence-corrected chi connectivity index (χ4v) is 2.88. The Balaban J connectivity index is 1.82. The van der Waals surface area contributed by atoms with Crippen molar-refractivity contribution in [2.75, 3.05) is 13.1 Å². The predicted molar refractivity (Wildman–Crippen MR) is 80.7 cm³/mol. The van der Waals surface area contributed by atoms with E-state index < -0.39 is 0 Å². The van der Waals surface area contributed by atoms with Crippen LogP contribution in [0.2, 0.25) is 5.02 Å². The van der Waals surface area contributed by atoms with E-state index in [-0.39, 0.29) is 5.91 Å². The molecular formula is C15H17ClN4O. The lowest BCUT2D eigenvalue weighted by Gasteiger charge is -2.30. The summed E-state index contributed by atoms with van der Waals surface area (Å²) in [7, 11) is 0. The molecule has 6 heteroatoms. The number of carbonyl (C=O) groups excluding carboxylic acids is 1. The first kappa shape index (κ1) is 14.1. The molecule has 1 aliphatic heterocycles. The molecule has 1 saturated heterocycles. The molecular weight excluding hydrogens is 288 g/mol. The van der Waals surface area contributed by atoms with Gasteiger partial charge in [-0.2, -0.15) is 0 Å². The highest BCUT2D eigenvalue weighted by atomic mass is 35.5. The molecule has 2 aromatic rings. The van der Waals surface area contributed by atoms with Gasteiger partial charge in [0.05, 0.1) is 16.9 Å². The van der Waals surface area contributed by atoms with Crippen LogP contribution in [0.4, 0.5) is 0 Å². The minimum atomic E-state index is -0.0557. The first-order valence-corrected chi connectivity index (χ1v) is 7.49. The van der Waals surface area contributed by atoms with Crippen LogP contribution >= 0.6 is 11.6 Å². The van der Waals surface area contributed by atoms with E-state index in [1.165, 1.54) is 6.42 Å². The highest BCUT2D eigenvalue weighted by Crippen LogP contribution is 2.20. The Labute approximate surface area is 128 Å². The molecule has 0 bridgehead atoms. The maximum Gasteiger partial charge on any atom is 0.276 e. The molecule has 0 radical (unpaired) electrons. The van der Waals surface area contributed by atoms with Crippen LogP contribution < -0.4 is 0 Å². The van der Waals surface area contributed by atoms with E-state index in [2.05, 4.69) is 17.2 Å². The molecule has 5 nitrogen and oxygen atoms in total. The summed E-state index contributed by atoms with van der Waals surface area (Å²) in [6, 6.07) is 7.35. The second-order valence-electron chi connectivity index (χ2n) is 5.50. The number of para-hydroxylation sites is 1. The Morgan fingerprint density at radius 1 is 1.38 bits per heavy atom. The molecule has 1 aromatic heterocycles. The van der Waals surface area contributed by atoms with Gasteiger partial charge in [0.2, 0.25) is 0 Å². The van der Waals surface area contributed by atoms with Gasteiger partial charge in [0.1, 0.15) is 0 Å². The van der Waals surface area contributed by atoms with Gasteiger partial charge in [-0.15, -0.1) is 5.10 Å². The van der Waals surface area contributed by atoms with E-state index in [0.717, 1.165) is 25.2 Å². The molecule has 2 heterocycles. The summed E-state index contributed by atoms with van der Waals surface area (Å²) in [5.41, 5.74) is 1.08. The highest BCUT2D eigenvalue weighted by Gasteiger charge is 2.24. The fourth-order valence-electron chi connectivity index (χ4n) is 2.65. The minimum absolute atomic E-state index is 0.0557. The SMILES string of the molecule is CC1CCCN(C(=O)c2cn(-c3ccccc3Cl)nn2)C1. The van der Waals surface area contributed by atoms with Gasteiger partial charge in [-0.1, -0.05) is 35.9 Å². The molecule has 21 heavy (non-hydrogen) atoms. The summed E-state index contributed by atoms with van der Waals surface area (Å²) in [4.78, 5) is 14.3. The van der Waals surface area contributed by atoms with Crippen LogP contribution in [0.3, 0.4) is 0 Å². The molecule has 0 spiro atoms. The molecule has 1 atom stereocenters. The lowest BCUT2D eigenvalue weighted by Crippen LogP contribution is -2.39. The number of carbonyl (C=O) groups is 1. The number of piperidine rings is 1. The van der Waals surface area contributed by atoms with Gasteiger partial charge in [-0.25, -0.2) is 4.68 Å². The Bertz CT molecular complexity index is 655. The predicted octanol–water partition coefficient (Wildman–Crippen LogP) is 2.79. The Morgan fingerprint density at radius 3 is 2.95 bits per heavy atom. The average molecular weight is 305 g/mol. The number of hydrogen-bond donors (Lipinski definition) is 0. The molecule has 0 saturated carbocycles. The number of nitrogens with zero attached hydrogens (tertiary/aromatic N) is 4. The van der Waals surface area contributed by atoms with E-state index in [9.17, 15) is 4.79 Å². The first-order valence-electron chi connectivity index (χ1n) is 7.11. The van der Waals surface area contributed by atoms with Crippen LogP contribution in [0.5, 0.6) is 0 Å². The van der Waals surface area contributed by atoms with Crippen molar-refractivity contribution in [1.82, 2.24) is 19.9 Å². The number of rotatable bonds is 2. The molecule has 0 N–H and O–H groups in total. The van der Waals surface area contributed by atoms with E-state index in [4.69, 9.17) is 11.6 Å². The van der Waals surface area contributed by atoms with Gasteiger partial charge in [0.25, 0.3) is 5.91 Å². The molecule has 1 unspecified atom stereocenters. The summed E-state index contributed by atoms with van der Waals surface area (Å²) < 4.78 is 1.54. The first-order chi connectivity index (χ1) is 10.1. The largest absolute Gasteiger partial charge is 0.337 e. The summed E-state index contributed by atoms with van der Waals surface area (Å²) in [6.07, 6.45) is 3.87. The van der Waals surface area contributed by atoms with E-state index in [0.29, 0.717) is 16.6 Å². The molecule has 0 aliphatic carbocycles. The zero-order chi connectivity index (χ0) is 14.8. The minimum Gasteiger partial charge on any atom is -0.337 e. The molecule has 3 rings (SSSR count). The Hall–Kier alpha value is -1.88. The van der Waals surface area contributed by atoms with Gasteiger partial charge in [0, 0.05) is 13.1 Å². The maximum atomic E-state index is 12.5. The topological polar surface area (TPSA) is 51.0 Å². The standard InChI is InChI=1S/C15H17ClN4O/c1-11-5-4-8-19(9-11)15(21)13-10-20(18-17-13)14-7-3-2-6-12(14)16/h2-3,6-7,10-11H,4-5,8-9H2,1H3. The van der Waals surface area contributed by atoms with E-state index >= 15 is 0 Å². The third kappa shape index (κ3) is 2.93. The van der Waals surface area contributed by atoms with Crippen LogP contribution in [0.15, 0.2) is 30.5 Å². The third-order valence-electron chi connectivity index (χ3n) is 3.76. The van der Waals surface area contributed by atoms with Gasteiger partial charge in [0.15, 0.2) is 5.69 Å². The number of halogens is 1. The smallest absolute Gasteiger partial charge is 0.276 e. The monoisotopic (exact) mass is 304 g/mol. The summed E-state index contributed by atoms with van der Waals surface area (Å²) in [5.74, 6) is 0.487. The lowest BCUT2D eigenvalue weighted by molar-refractivity contribution is 0.0677. The summed E-state index contributed by atoms with van der Waals surface area (Å²) >= 11 is 6.13. The van der Waals surface area contributed by atoms with Crippen LogP contribution in [0, 0.1) is 5.92 Å². The number of hydrogen-bond acceptors (Lipinski definition) is 3. The summed E-state index contributed by atoms with van der Waals surface area (Å²) in [5, 5.41) is 8.59. The molecule has 1 fully saturated rings. The zero-order valence-corrected chi connectivity index (χ0v) is 12.6. The summed E-state index contributed by atoms with van der Waals surface area (Å²) in [6.45, 7) is 3.75. The van der Waals surface area contributed by atoms with Crippen molar-refractivity contribution < 1.29 is 4.79 Å². The third-order valence-corrected chi connectivity index (χ3v) is 4.08. The lowest BCUT2D eigenvalue weighted by atomic mass is 10.0.